The largest absolute Gasteiger partial charge is 0.396 e. The number of anilines is 1. The number of aliphatic hydroxyl groups excluding tert-OH is 1. The summed E-state index contributed by atoms with van der Waals surface area (Å²) in [5, 5.41) is 11.9. The van der Waals surface area contributed by atoms with E-state index in [2.05, 4.69) is 10.7 Å². The van der Waals surface area contributed by atoms with Crippen LogP contribution in [0.3, 0.4) is 0 Å². The van der Waals surface area contributed by atoms with E-state index in [9.17, 15) is 0 Å². The van der Waals surface area contributed by atoms with E-state index < -0.39 is 0 Å². The molecule has 0 aliphatic rings. The van der Waals surface area contributed by atoms with Crippen molar-refractivity contribution in [1.82, 2.24) is 5.43 Å². The summed E-state index contributed by atoms with van der Waals surface area (Å²) in [6.45, 7) is 0.0471. The number of nitrogens with one attached hydrogen (secondary N) is 2. The van der Waals surface area contributed by atoms with E-state index >= 15 is 0 Å². The van der Waals surface area contributed by atoms with Crippen molar-refractivity contribution >= 4 is 22.9 Å². The van der Waals surface area contributed by atoms with Crippen molar-refractivity contribution in [1.29, 1.82) is 0 Å². The summed E-state index contributed by atoms with van der Waals surface area (Å²) in [4.78, 5) is 0.581. The second-order valence-corrected chi connectivity index (χ2v) is 3.53. The van der Waals surface area contributed by atoms with Gasteiger partial charge in [0.15, 0.2) is 0 Å². The fourth-order valence-corrected chi connectivity index (χ4v) is 1.47. The van der Waals surface area contributed by atoms with Crippen LogP contribution in [0.15, 0.2) is 30.3 Å². The van der Waals surface area contributed by atoms with Crippen molar-refractivity contribution in [3.05, 3.63) is 30.3 Å². The smallest absolute Gasteiger partial charge is 0.0984 e. The Labute approximate surface area is 94.5 Å². The van der Waals surface area contributed by atoms with Crippen molar-refractivity contribution in [2.24, 2.45) is 5.84 Å². The molecule has 0 saturated carbocycles. The first kappa shape index (κ1) is 12.1. The molecule has 1 atom stereocenters. The van der Waals surface area contributed by atoms with Crippen molar-refractivity contribution in [2.45, 2.75) is 12.5 Å². The molecule has 0 bridgehead atoms. The predicted octanol–water partition coefficient (Wildman–Crippen LogP) is 0.640. The molecule has 0 fully saturated rings. The first-order valence-electron chi connectivity index (χ1n) is 4.71. The molecule has 4 nitrogen and oxygen atoms in total. The van der Waals surface area contributed by atoms with Gasteiger partial charge < -0.3 is 10.4 Å². The molecule has 0 saturated heterocycles. The SMILES string of the molecule is NNC(CCO)C(=S)Nc1ccccc1. The maximum Gasteiger partial charge on any atom is 0.0984 e. The summed E-state index contributed by atoms with van der Waals surface area (Å²) in [6.07, 6.45) is 0.495. The van der Waals surface area contributed by atoms with Gasteiger partial charge in [-0.3, -0.25) is 11.3 Å². The summed E-state index contributed by atoms with van der Waals surface area (Å²) < 4.78 is 0. The van der Waals surface area contributed by atoms with Gasteiger partial charge in [0.05, 0.1) is 11.0 Å². The molecular weight excluding hydrogens is 210 g/mol. The number of para-hydroxylation sites is 1. The maximum absolute atomic E-state index is 8.80. The summed E-state index contributed by atoms with van der Waals surface area (Å²) in [5.41, 5.74) is 3.48. The molecule has 5 heteroatoms. The second kappa shape index (κ2) is 6.47. The van der Waals surface area contributed by atoms with Crippen LogP contribution in [-0.4, -0.2) is 22.7 Å². The Morgan fingerprint density at radius 2 is 2.07 bits per heavy atom. The predicted molar refractivity (Wildman–Crippen MR) is 65.5 cm³/mol. The minimum atomic E-state index is -0.204. The Bertz CT molecular complexity index is 305. The van der Waals surface area contributed by atoms with Crippen molar-refractivity contribution in [3.63, 3.8) is 0 Å². The Morgan fingerprint density at radius 1 is 1.40 bits per heavy atom. The van der Waals surface area contributed by atoms with E-state index in [4.69, 9.17) is 23.2 Å². The zero-order valence-electron chi connectivity index (χ0n) is 8.31. The third-order valence-corrected chi connectivity index (χ3v) is 2.36. The van der Waals surface area contributed by atoms with Crippen LogP contribution in [0.5, 0.6) is 0 Å². The van der Waals surface area contributed by atoms with Crippen molar-refractivity contribution < 1.29 is 5.11 Å². The van der Waals surface area contributed by atoms with Gasteiger partial charge in [-0.05, 0) is 18.6 Å². The van der Waals surface area contributed by atoms with E-state index in [1.165, 1.54) is 0 Å². The fourth-order valence-electron chi connectivity index (χ4n) is 1.17. The number of nitrogens with two attached hydrogens (primary N) is 1. The maximum atomic E-state index is 8.80. The molecule has 0 aliphatic carbocycles. The minimum absolute atomic E-state index is 0.0471. The van der Waals surface area contributed by atoms with Gasteiger partial charge in [-0.25, -0.2) is 0 Å². The number of thiocarbonyl (C=S) groups is 1. The van der Waals surface area contributed by atoms with Crippen LogP contribution < -0.4 is 16.6 Å². The number of hydrogen-bond acceptors (Lipinski definition) is 4. The fraction of sp³-hybridized carbons (Fsp3) is 0.300. The molecule has 15 heavy (non-hydrogen) atoms. The average molecular weight is 225 g/mol. The van der Waals surface area contributed by atoms with Crippen LogP contribution in [0.1, 0.15) is 6.42 Å². The number of benzene rings is 1. The van der Waals surface area contributed by atoms with Crippen molar-refractivity contribution in [2.75, 3.05) is 11.9 Å². The first-order valence-corrected chi connectivity index (χ1v) is 5.11. The van der Waals surface area contributed by atoms with Crippen LogP contribution in [0.25, 0.3) is 0 Å². The van der Waals surface area contributed by atoms with Gasteiger partial charge in [-0.15, -0.1) is 0 Å². The lowest BCUT2D eigenvalue weighted by Crippen LogP contribution is -2.44. The van der Waals surface area contributed by atoms with Crippen LogP contribution in [-0.2, 0) is 0 Å². The molecule has 0 spiro atoms. The average Bonchev–Trinajstić information content (AvgIpc) is 2.27. The van der Waals surface area contributed by atoms with Crippen molar-refractivity contribution in [3.8, 4) is 0 Å². The minimum Gasteiger partial charge on any atom is -0.396 e. The lowest BCUT2D eigenvalue weighted by atomic mass is 10.2. The molecule has 1 rings (SSSR count). The molecule has 5 N–H and O–H groups in total. The van der Waals surface area contributed by atoms with Gasteiger partial charge >= 0.3 is 0 Å². The zero-order chi connectivity index (χ0) is 11.1. The van der Waals surface area contributed by atoms with Crippen LogP contribution >= 0.6 is 12.2 Å². The summed E-state index contributed by atoms with van der Waals surface area (Å²) in [5.74, 6) is 5.32. The number of aliphatic hydroxyl groups is 1. The first-order chi connectivity index (χ1) is 7.27. The van der Waals surface area contributed by atoms with Crippen LogP contribution in [0.2, 0.25) is 0 Å². The second-order valence-electron chi connectivity index (χ2n) is 3.09. The highest BCUT2D eigenvalue weighted by Gasteiger charge is 2.11. The van der Waals surface area contributed by atoms with E-state index in [0.29, 0.717) is 11.4 Å². The Hall–Kier alpha value is -1.01. The van der Waals surface area contributed by atoms with Gasteiger partial charge in [0, 0.05) is 12.3 Å². The topological polar surface area (TPSA) is 70.3 Å². The van der Waals surface area contributed by atoms with E-state index in [1.54, 1.807) is 0 Å². The molecule has 0 radical (unpaired) electrons. The van der Waals surface area contributed by atoms with Crippen LogP contribution in [0.4, 0.5) is 5.69 Å². The summed E-state index contributed by atoms with van der Waals surface area (Å²) in [7, 11) is 0. The highest BCUT2D eigenvalue weighted by molar-refractivity contribution is 7.80. The van der Waals surface area contributed by atoms with Gasteiger partial charge in [0.2, 0.25) is 0 Å². The molecule has 0 amide bonds. The quantitative estimate of drug-likeness (QED) is 0.336. The van der Waals surface area contributed by atoms with Gasteiger partial charge in [0.1, 0.15) is 0 Å². The lowest BCUT2D eigenvalue weighted by Gasteiger charge is -2.17. The standard InChI is InChI=1S/C10H15N3OS/c11-13-9(6-7-14)10(15)12-8-4-2-1-3-5-8/h1-5,9,13-14H,6-7,11H2,(H,12,15). The van der Waals surface area contributed by atoms with Gasteiger partial charge in [-0.1, -0.05) is 30.4 Å². The molecule has 82 valence electrons. The molecule has 1 aromatic rings. The third kappa shape index (κ3) is 3.93. The molecule has 1 unspecified atom stereocenters. The lowest BCUT2D eigenvalue weighted by molar-refractivity contribution is 0.279. The number of hydrazine groups is 1. The highest BCUT2D eigenvalue weighted by Crippen LogP contribution is 2.07. The Balaban J connectivity index is 2.54. The van der Waals surface area contributed by atoms with Gasteiger partial charge in [0.25, 0.3) is 0 Å². The molecule has 1 aromatic carbocycles. The summed E-state index contributed by atoms with van der Waals surface area (Å²) in [6, 6.07) is 9.40. The normalized spacial score (nSPS) is 12.1. The van der Waals surface area contributed by atoms with Crippen LogP contribution in [0, 0.1) is 0 Å². The van der Waals surface area contributed by atoms with E-state index in [-0.39, 0.29) is 12.6 Å². The molecule has 0 heterocycles. The molecule has 0 aromatic heterocycles. The van der Waals surface area contributed by atoms with E-state index in [0.717, 1.165) is 5.69 Å². The molecular formula is C10H15N3OS. The number of hydrogen-bond donors (Lipinski definition) is 4. The van der Waals surface area contributed by atoms with E-state index in [1.807, 2.05) is 30.3 Å². The summed E-state index contributed by atoms with van der Waals surface area (Å²) >= 11 is 5.16. The number of rotatable bonds is 5. The highest BCUT2D eigenvalue weighted by atomic mass is 32.1. The Kier molecular flexibility index (Phi) is 5.20. The Morgan fingerprint density at radius 3 is 2.60 bits per heavy atom. The zero-order valence-corrected chi connectivity index (χ0v) is 9.13. The molecule has 0 aliphatic heterocycles. The monoisotopic (exact) mass is 225 g/mol. The third-order valence-electron chi connectivity index (χ3n) is 1.98. The van der Waals surface area contributed by atoms with Gasteiger partial charge in [-0.2, -0.15) is 0 Å².